The van der Waals surface area contributed by atoms with E-state index in [2.05, 4.69) is 22.1 Å². The molecule has 4 heterocycles. The van der Waals surface area contributed by atoms with Gasteiger partial charge in [-0.25, -0.2) is 9.69 Å². The highest BCUT2D eigenvalue weighted by Gasteiger charge is 2.75. The molecule has 61 heavy (non-hydrogen) atoms. The van der Waals surface area contributed by atoms with E-state index in [0.717, 1.165) is 16.2 Å². The van der Waals surface area contributed by atoms with Crippen LogP contribution in [0.25, 0.3) is 0 Å². The van der Waals surface area contributed by atoms with Gasteiger partial charge in [0.15, 0.2) is 0 Å². The number of aliphatic hydroxyl groups excluding tert-OH is 1. The molecule has 6 unspecified atom stereocenters. The van der Waals surface area contributed by atoms with Gasteiger partial charge in [-0.1, -0.05) is 90.7 Å². The first-order chi connectivity index (χ1) is 29.8. The van der Waals surface area contributed by atoms with Crippen LogP contribution in [0, 0.1) is 17.8 Å². The van der Waals surface area contributed by atoms with Gasteiger partial charge in [-0.3, -0.25) is 24.3 Å². The number of rotatable bonds is 11. The van der Waals surface area contributed by atoms with Gasteiger partial charge in [0, 0.05) is 44.0 Å². The SMILES string of the molecule is COCCOC(=O)N1C(=O)C2(c3cc(C#CCCO)ccc31)C(C(=O)NCCc1ccccn1)C1C(=O)OC(c3ccccc3)C(c3ccccc3)N1C2c1ccc(O)cc1. The molecular weight excluding hydrogens is 777 g/mol. The van der Waals surface area contributed by atoms with Crippen LogP contribution in [-0.4, -0.2) is 83.5 Å². The number of ether oxygens (including phenoxy) is 3. The van der Waals surface area contributed by atoms with Crippen LogP contribution in [0.2, 0.25) is 0 Å². The Bertz CT molecular complexity index is 2460. The van der Waals surface area contributed by atoms with Crippen LogP contribution in [0.15, 0.2) is 128 Å². The minimum atomic E-state index is -2.02. The summed E-state index contributed by atoms with van der Waals surface area (Å²) in [4.78, 5) is 68.0. The second-order valence-corrected chi connectivity index (χ2v) is 15.0. The summed E-state index contributed by atoms with van der Waals surface area (Å²) >= 11 is 0. The van der Waals surface area contributed by atoms with E-state index in [1.165, 1.54) is 19.2 Å². The molecule has 0 aliphatic carbocycles. The number of anilines is 1. The van der Waals surface area contributed by atoms with E-state index in [4.69, 9.17) is 14.2 Å². The van der Waals surface area contributed by atoms with Gasteiger partial charge in [-0.15, -0.1) is 0 Å². The number of aromatic hydroxyl groups is 1. The van der Waals surface area contributed by atoms with Crippen molar-refractivity contribution in [3.8, 4) is 17.6 Å². The molecule has 6 atom stereocenters. The largest absolute Gasteiger partial charge is 0.508 e. The number of aromatic nitrogens is 1. The molecule has 0 saturated carbocycles. The van der Waals surface area contributed by atoms with E-state index in [0.29, 0.717) is 23.1 Å². The summed E-state index contributed by atoms with van der Waals surface area (Å²) in [5.74, 6) is 2.29. The van der Waals surface area contributed by atoms with Crippen molar-refractivity contribution >= 4 is 29.6 Å². The van der Waals surface area contributed by atoms with Crippen LogP contribution in [0.1, 0.15) is 58.1 Å². The molecule has 8 rings (SSSR count). The second kappa shape index (κ2) is 17.8. The third-order valence-electron chi connectivity index (χ3n) is 11.5. The fourth-order valence-corrected chi connectivity index (χ4v) is 9.09. The Morgan fingerprint density at radius 1 is 0.869 bits per heavy atom. The average molecular weight is 821 g/mol. The van der Waals surface area contributed by atoms with Crippen LogP contribution in [0.4, 0.5) is 10.5 Å². The molecule has 0 bridgehead atoms. The Labute approximate surface area is 352 Å². The lowest BCUT2D eigenvalue weighted by Gasteiger charge is -2.46. The fourth-order valence-electron chi connectivity index (χ4n) is 9.09. The van der Waals surface area contributed by atoms with Crippen molar-refractivity contribution in [2.45, 2.75) is 42.5 Å². The predicted molar refractivity (Wildman–Crippen MR) is 223 cm³/mol. The highest BCUT2D eigenvalue weighted by molar-refractivity contribution is 6.23. The zero-order chi connectivity index (χ0) is 42.5. The first kappa shape index (κ1) is 40.9. The summed E-state index contributed by atoms with van der Waals surface area (Å²) in [5.41, 5.74) is 1.49. The minimum Gasteiger partial charge on any atom is -0.508 e. The van der Waals surface area contributed by atoms with Crippen molar-refractivity contribution in [2.75, 3.05) is 38.4 Å². The maximum atomic E-state index is 16.0. The summed E-state index contributed by atoms with van der Waals surface area (Å²) in [6.07, 6.45) is 0.285. The van der Waals surface area contributed by atoms with Gasteiger partial charge in [0.25, 0.3) is 0 Å². The molecular formula is C48H44N4O9. The molecule has 13 nitrogen and oxygen atoms in total. The van der Waals surface area contributed by atoms with Gasteiger partial charge in [0.05, 0.1) is 36.9 Å². The molecule has 2 fully saturated rings. The minimum absolute atomic E-state index is 0.0427. The first-order valence-corrected chi connectivity index (χ1v) is 20.1. The Hall–Kier alpha value is -6.85. The highest BCUT2D eigenvalue weighted by Crippen LogP contribution is 2.66. The second-order valence-electron chi connectivity index (χ2n) is 15.0. The number of imide groups is 1. The van der Waals surface area contributed by atoms with E-state index in [1.54, 1.807) is 42.6 Å². The number of hydrogen-bond acceptors (Lipinski definition) is 11. The number of phenolic OH excluding ortho intramolecular Hbond substituents is 1. The van der Waals surface area contributed by atoms with E-state index < -0.39 is 59.4 Å². The molecule has 310 valence electrons. The number of benzene rings is 4. The van der Waals surface area contributed by atoms with E-state index in [9.17, 15) is 15.0 Å². The topological polar surface area (TPSA) is 168 Å². The number of cyclic esters (lactones) is 1. The number of hydrogen-bond donors (Lipinski definition) is 3. The number of aliphatic hydroxyl groups is 1. The summed E-state index contributed by atoms with van der Waals surface area (Å²) in [6.45, 7) is -0.169. The van der Waals surface area contributed by atoms with Gasteiger partial charge in [0.1, 0.15) is 29.9 Å². The Kier molecular flexibility index (Phi) is 11.9. The van der Waals surface area contributed by atoms with Gasteiger partial charge in [-0.05, 0) is 64.7 Å². The molecule has 3 N–H and O–H groups in total. The normalized spacial score (nSPS) is 22.8. The van der Waals surface area contributed by atoms with Crippen LogP contribution in [0.5, 0.6) is 5.75 Å². The quantitative estimate of drug-likeness (QED) is 0.0896. The van der Waals surface area contributed by atoms with Crippen molar-refractivity contribution in [1.82, 2.24) is 15.2 Å². The number of nitrogens with one attached hydrogen (secondary N) is 1. The number of fused-ring (bicyclic) bond motifs is 3. The number of nitrogens with zero attached hydrogens (tertiary/aromatic N) is 3. The zero-order valence-electron chi connectivity index (χ0n) is 33.3. The number of pyridine rings is 1. The highest BCUT2D eigenvalue weighted by atomic mass is 16.6. The Balaban J connectivity index is 1.41. The zero-order valence-corrected chi connectivity index (χ0v) is 33.3. The number of esters is 1. The number of carbonyl (C=O) groups excluding carboxylic acids is 4. The van der Waals surface area contributed by atoms with Crippen LogP contribution in [-0.2, 0) is 40.4 Å². The number of amides is 3. The third kappa shape index (κ3) is 7.50. The van der Waals surface area contributed by atoms with Crippen LogP contribution < -0.4 is 10.2 Å². The van der Waals surface area contributed by atoms with Crippen molar-refractivity contribution in [3.05, 3.63) is 161 Å². The molecule has 1 spiro atoms. The molecule has 5 aromatic rings. The Morgan fingerprint density at radius 2 is 1.59 bits per heavy atom. The maximum Gasteiger partial charge on any atom is 0.421 e. The monoisotopic (exact) mass is 820 g/mol. The summed E-state index contributed by atoms with van der Waals surface area (Å²) < 4.78 is 17.2. The average Bonchev–Trinajstić information content (AvgIpc) is 3.74. The standard InChI is InChI=1S/C48H44N4O9/c1-59-28-29-60-47(58)51-38-23-18-31(12-9-11-27-53)30-37(38)48(46(51)57)39(44(55)50-26-24-35-17-8-10-25-49-35)41-45(56)61-42(33-15-6-3-7-16-33)40(32-13-4-2-5-14-32)52(41)43(48)34-19-21-36(54)22-20-34/h2-8,10,13-23,25,30,39-43,53-54H,11,24,26-29H2,1H3,(H,50,55). The summed E-state index contributed by atoms with van der Waals surface area (Å²) in [7, 11) is 1.46. The molecule has 3 aliphatic rings. The van der Waals surface area contributed by atoms with Crippen molar-refractivity contribution in [1.29, 1.82) is 0 Å². The fraction of sp³-hybridized carbons (Fsp3) is 0.271. The lowest BCUT2D eigenvalue weighted by Crippen LogP contribution is -2.56. The number of morpholine rings is 1. The molecule has 3 aliphatic heterocycles. The maximum absolute atomic E-state index is 16.0. The lowest BCUT2D eigenvalue weighted by molar-refractivity contribution is -0.178. The molecule has 2 saturated heterocycles. The van der Waals surface area contributed by atoms with Crippen molar-refractivity contribution in [2.24, 2.45) is 5.92 Å². The number of phenols is 1. The molecule has 0 radical (unpaired) electrons. The molecule has 13 heteroatoms. The summed E-state index contributed by atoms with van der Waals surface area (Å²) in [5, 5.41) is 23.2. The van der Waals surface area contributed by atoms with Crippen LogP contribution in [0.3, 0.4) is 0 Å². The van der Waals surface area contributed by atoms with E-state index in [-0.39, 0.29) is 49.8 Å². The van der Waals surface area contributed by atoms with Crippen LogP contribution >= 0.6 is 0 Å². The molecule has 4 aromatic carbocycles. The Morgan fingerprint density at radius 3 is 2.28 bits per heavy atom. The number of methoxy groups -OCH3 is 1. The van der Waals surface area contributed by atoms with Gasteiger partial charge < -0.3 is 29.7 Å². The summed E-state index contributed by atoms with van der Waals surface area (Å²) in [6, 6.07) is 32.1. The number of carbonyl (C=O) groups is 4. The molecule has 1 aromatic heterocycles. The van der Waals surface area contributed by atoms with Gasteiger partial charge in [-0.2, -0.15) is 0 Å². The predicted octanol–water partition coefficient (Wildman–Crippen LogP) is 5.33. The smallest absolute Gasteiger partial charge is 0.421 e. The first-order valence-electron chi connectivity index (χ1n) is 20.1. The van der Waals surface area contributed by atoms with E-state index in [1.807, 2.05) is 77.7 Å². The lowest BCUT2D eigenvalue weighted by atomic mass is 9.65. The van der Waals surface area contributed by atoms with Gasteiger partial charge in [0.2, 0.25) is 11.8 Å². The van der Waals surface area contributed by atoms with E-state index >= 15 is 14.4 Å². The van der Waals surface area contributed by atoms with Gasteiger partial charge >= 0.3 is 12.1 Å². The third-order valence-corrected chi connectivity index (χ3v) is 11.5. The van der Waals surface area contributed by atoms with Crippen molar-refractivity contribution < 1.29 is 43.6 Å². The van der Waals surface area contributed by atoms with Crippen molar-refractivity contribution in [3.63, 3.8) is 0 Å². The molecule has 3 amide bonds.